The van der Waals surface area contributed by atoms with Crippen molar-refractivity contribution in [1.82, 2.24) is 10.4 Å². The van der Waals surface area contributed by atoms with Crippen molar-refractivity contribution in [3.05, 3.63) is 24.6 Å². The van der Waals surface area contributed by atoms with Crippen LogP contribution >= 0.6 is 0 Å². The monoisotopic (exact) mass is 138 g/mol. The van der Waals surface area contributed by atoms with Crippen molar-refractivity contribution in [1.29, 1.82) is 0 Å². The highest BCUT2D eigenvalue weighted by Gasteiger charge is 2.05. The summed E-state index contributed by atoms with van der Waals surface area (Å²) in [6, 6.07) is 0. The smallest absolute Gasteiger partial charge is 0.244 e. The number of rotatable bonds is 1. The molecule has 0 atom stereocenters. The van der Waals surface area contributed by atoms with Crippen molar-refractivity contribution in [3.8, 4) is 0 Å². The van der Waals surface area contributed by atoms with E-state index in [1.54, 1.807) is 12.4 Å². The van der Waals surface area contributed by atoms with Crippen LogP contribution in [0.4, 0.5) is 0 Å². The molecular formula is C7H10N2O. The van der Waals surface area contributed by atoms with E-state index in [0.717, 1.165) is 0 Å². The largest absolute Gasteiger partial charge is 0.299 e. The lowest BCUT2D eigenvalue weighted by molar-refractivity contribution is -0.130. The highest BCUT2D eigenvalue weighted by atomic mass is 16.2. The number of hydrazine groups is 1. The van der Waals surface area contributed by atoms with E-state index in [9.17, 15) is 4.79 Å². The van der Waals surface area contributed by atoms with Crippen LogP contribution in [0.15, 0.2) is 24.6 Å². The molecule has 1 aliphatic heterocycles. The first-order valence-electron chi connectivity index (χ1n) is 3.26. The molecule has 0 radical (unpaired) electrons. The lowest BCUT2D eigenvalue weighted by Crippen LogP contribution is -2.35. The van der Waals surface area contributed by atoms with E-state index in [1.807, 2.05) is 19.1 Å². The lowest BCUT2D eigenvalue weighted by Gasteiger charge is -2.18. The van der Waals surface area contributed by atoms with Gasteiger partial charge >= 0.3 is 0 Å². The molecule has 3 heteroatoms. The third-order valence-corrected chi connectivity index (χ3v) is 1.23. The van der Waals surface area contributed by atoms with Crippen molar-refractivity contribution < 1.29 is 4.79 Å². The molecule has 1 heterocycles. The maximum absolute atomic E-state index is 10.9. The van der Waals surface area contributed by atoms with Gasteiger partial charge in [-0.1, -0.05) is 6.92 Å². The summed E-state index contributed by atoms with van der Waals surface area (Å²) in [7, 11) is 0. The molecule has 0 aliphatic carbocycles. The lowest BCUT2D eigenvalue weighted by atomic mass is 10.4. The van der Waals surface area contributed by atoms with Gasteiger partial charge in [-0.3, -0.25) is 10.2 Å². The maximum Gasteiger partial charge on any atom is 0.244 e. The molecular weight excluding hydrogens is 128 g/mol. The van der Waals surface area contributed by atoms with Crippen molar-refractivity contribution in [2.75, 3.05) is 0 Å². The Balaban J connectivity index is 2.51. The van der Waals surface area contributed by atoms with Gasteiger partial charge in [0.2, 0.25) is 5.91 Å². The Morgan fingerprint density at radius 2 is 2.40 bits per heavy atom. The Morgan fingerprint density at radius 1 is 1.60 bits per heavy atom. The van der Waals surface area contributed by atoms with Crippen LogP contribution in [0.5, 0.6) is 0 Å². The minimum absolute atomic E-state index is 0.0700. The van der Waals surface area contributed by atoms with E-state index in [4.69, 9.17) is 0 Å². The molecule has 0 saturated heterocycles. The van der Waals surface area contributed by atoms with Crippen LogP contribution in [-0.4, -0.2) is 10.9 Å². The molecule has 1 N–H and O–H groups in total. The summed E-state index contributed by atoms with van der Waals surface area (Å²) in [5.74, 6) is 0.0700. The number of nitrogens with zero attached hydrogens (tertiary/aromatic N) is 1. The highest BCUT2D eigenvalue weighted by Crippen LogP contribution is 1.95. The van der Waals surface area contributed by atoms with Crippen LogP contribution in [0.3, 0.4) is 0 Å². The zero-order valence-electron chi connectivity index (χ0n) is 5.87. The molecule has 0 aromatic rings. The second-order valence-corrected chi connectivity index (χ2v) is 1.95. The molecule has 0 saturated carbocycles. The molecule has 3 nitrogen and oxygen atoms in total. The van der Waals surface area contributed by atoms with Gasteiger partial charge in [0.05, 0.1) is 0 Å². The summed E-state index contributed by atoms with van der Waals surface area (Å²) in [5, 5.41) is 1.46. The van der Waals surface area contributed by atoms with Crippen LogP contribution in [0.2, 0.25) is 0 Å². The Hall–Kier alpha value is -1.25. The fourth-order valence-corrected chi connectivity index (χ4v) is 0.683. The van der Waals surface area contributed by atoms with Crippen molar-refractivity contribution in [3.63, 3.8) is 0 Å². The molecule has 0 bridgehead atoms. The average Bonchev–Trinajstić information content (AvgIpc) is 2.05. The van der Waals surface area contributed by atoms with E-state index in [2.05, 4.69) is 5.43 Å². The van der Waals surface area contributed by atoms with Gasteiger partial charge < -0.3 is 0 Å². The molecule has 0 aromatic carbocycles. The van der Waals surface area contributed by atoms with Gasteiger partial charge in [0.1, 0.15) is 0 Å². The molecule has 0 fully saturated rings. The standard InChI is InChI=1S/C7H10N2O/c1-2-7(10)9-6-4-3-5-8-9/h3-6,8H,2H2,1H3. The van der Waals surface area contributed by atoms with E-state index >= 15 is 0 Å². The molecule has 0 aromatic heterocycles. The van der Waals surface area contributed by atoms with E-state index < -0.39 is 0 Å². The number of hydrogen-bond donors (Lipinski definition) is 1. The number of allylic oxidation sites excluding steroid dienone is 2. The quantitative estimate of drug-likeness (QED) is 0.580. The predicted molar refractivity (Wildman–Crippen MR) is 38.6 cm³/mol. The molecule has 0 spiro atoms. The Morgan fingerprint density at radius 3 is 2.90 bits per heavy atom. The molecule has 1 rings (SSSR count). The number of hydrogen-bond acceptors (Lipinski definition) is 2. The average molecular weight is 138 g/mol. The number of carbonyl (C=O) groups excluding carboxylic acids is 1. The van der Waals surface area contributed by atoms with Gasteiger partial charge in [-0.05, 0) is 12.2 Å². The molecule has 1 aliphatic rings. The summed E-state index contributed by atoms with van der Waals surface area (Å²) in [6.07, 6.45) is 7.58. The SMILES string of the molecule is CCC(=O)N1C=CC=CN1. The third-order valence-electron chi connectivity index (χ3n) is 1.23. The number of carbonyl (C=O) groups is 1. The maximum atomic E-state index is 10.9. The van der Waals surface area contributed by atoms with E-state index in [0.29, 0.717) is 6.42 Å². The Kier molecular flexibility index (Phi) is 2.10. The summed E-state index contributed by atoms with van der Waals surface area (Å²) >= 11 is 0. The van der Waals surface area contributed by atoms with Gasteiger partial charge in [0.25, 0.3) is 0 Å². The van der Waals surface area contributed by atoms with Crippen molar-refractivity contribution in [2.45, 2.75) is 13.3 Å². The Labute approximate surface area is 60.0 Å². The van der Waals surface area contributed by atoms with Crippen LogP contribution in [0.1, 0.15) is 13.3 Å². The summed E-state index contributed by atoms with van der Waals surface area (Å²) in [6.45, 7) is 1.83. The highest BCUT2D eigenvalue weighted by molar-refractivity contribution is 5.76. The van der Waals surface area contributed by atoms with Gasteiger partial charge in [0.15, 0.2) is 0 Å². The van der Waals surface area contributed by atoms with Crippen LogP contribution in [-0.2, 0) is 4.79 Å². The van der Waals surface area contributed by atoms with Crippen molar-refractivity contribution >= 4 is 5.91 Å². The third kappa shape index (κ3) is 1.37. The topological polar surface area (TPSA) is 32.3 Å². The fourth-order valence-electron chi connectivity index (χ4n) is 0.683. The van der Waals surface area contributed by atoms with Crippen LogP contribution < -0.4 is 5.43 Å². The predicted octanol–water partition coefficient (Wildman–Crippen LogP) is 0.771. The molecule has 54 valence electrons. The Bertz CT molecular complexity index is 184. The minimum atomic E-state index is 0.0700. The molecule has 1 amide bonds. The second-order valence-electron chi connectivity index (χ2n) is 1.95. The van der Waals surface area contributed by atoms with Gasteiger partial charge in [-0.25, -0.2) is 5.01 Å². The molecule has 0 unspecified atom stereocenters. The molecule has 10 heavy (non-hydrogen) atoms. The number of amides is 1. The minimum Gasteiger partial charge on any atom is -0.299 e. The van der Waals surface area contributed by atoms with Gasteiger partial charge in [-0.2, -0.15) is 0 Å². The first-order chi connectivity index (χ1) is 4.84. The summed E-state index contributed by atoms with van der Waals surface area (Å²) < 4.78 is 0. The van der Waals surface area contributed by atoms with E-state index in [-0.39, 0.29) is 5.91 Å². The fraction of sp³-hybridized carbons (Fsp3) is 0.286. The first kappa shape index (κ1) is 6.86. The normalized spacial score (nSPS) is 15.1. The zero-order chi connectivity index (χ0) is 7.40. The van der Waals surface area contributed by atoms with Crippen LogP contribution in [0.25, 0.3) is 0 Å². The van der Waals surface area contributed by atoms with Gasteiger partial charge in [0, 0.05) is 18.8 Å². The first-order valence-corrected chi connectivity index (χ1v) is 3.26. The summed E-state index contributed by atoms with van der Waals surface area (Å²) in [5.41, 5.74) is 2.79. The number of nitrogens with one attached hydrogen (secondary N) is 1. The van der Waals surface area contributed by atoms with E-state index in [1.165, 1.54) is 5.01 Å². The zero-order valence-corrected chi connectivity index (χ0v) is 5.87. The second kappa shape index (κ2) is 3.06. The van der Waals surface area contributed by atoms with Crippen LogP contribution in [0, 0.1) is 0 Å². The summed E-state index contributed by atoms with van der Waals surface area (Å²) in [4.78, 5) is 10.9. The van der Waals surface area contributed by atoms with Gasteiger partial charge in [-0.15, -0.1) is 0 Å². The van der Waals surface area contributed by atoms with Crippen molar-refractivity contribution in [2.24, 2.45) is 0 Å².